The van der Waals surface area contributed by atoms with Crippen LogP contribution in [0.4, 0.5) is 11.4 Å². The number of hydrogen-bond acceptors (Lipinski definition) is 4. The Morgan fingerprint density at radius 1 is 1.44 bits per heavy atom. The predicted octanol–water partition coefficient (Wildman–Crippen LogP) is 2.28. The lowest BCUT2D eigenvalue weighted by Crippen LogP contribution is -2.44. The molecule has 98 valence electrons. The van der Waals surface area contributed by atoms with E-state index in [2.05, 4.69) is 0 Å². The first-order valence-corrected chi connectivity index (χ1v) is 5.45. The van der Waals surface area contributed by atoms with Gasteiger partial charge in [0.15, 0.2) is 0 Å². The van der Waals surface area contributed by atoms with Crippen molar-refractivity contribution in [3.63, 3.8) is 0 Å². The molecule has 0 aliphatic heterocycles. The van der Waals surface area contributed by atoms with E-state index < -0.39 is 16.4 Å². The number of rotatable bonds is 4. The van der Waals surface area contributed by atoms with Crippen molar-refractivity contribution >= 4 is 17.3 Å². The third-order valence-electron chi connectivity index (χ3n) is 2.46. The zero-order chi connectivity index (χ0) is 13.9. The van der Waals surface area contributed by atoms with Gasteiger partial charge in [0.05, 0.1) is 4.92 Å². The summed E-state index contributed by atoms with van der Waals surface area (Å²) >= 11 is 0. The maximum atomic E-state index is 10.9. The smallest absolute Gasteiger partial charge is 0.323 e. The zero-order valence-electron chi connectivity index (χ0n) is 10.6. The molecule has 1 N–H and O–H groups in total. The van der Waals surface area contributed by atoms with E-state index in [4.69, 9.17) is 5.11 Å². The minimum absolute atomic E-state index is 0.0489. The Morgan fingerprint density at radius 2 is 2.06 bits per heavy atom. The summed E-state index contributed by atoms with van der Waals surface area (Å²) in [7, 11) is 0. The quantitative estimate of drug-likeness (QED) is 0.656. The maximum absolute atomic E-state index is 10.9. The summed E-state index contributed by atoms with van der Waals surface area (Å²) in [4.78, 5) is 22.7. The minimum Gasteiger partial charge on any atom is -0.480 e. The number of non-ortho nitro benzene ring substituents is 1. The van der Waals surface area contributed by atoms with Crippen molar-refractivity contribution in [2.75, 3.05) is 11.4 Å². The average Bonchev–Trinajstić information content (AvgIpc) is 2.24. The molecule has 0 aliphatic rings. The highest BCUT2D eigenvalue weighted by atomic mass is 16.6. The molecule has 0 unspecified atom stereocenters. The molecule has 0 aromatic heterocycles. The molecule has 0 saturated carbocycles. The Labute approximate surface area is 105 Å². The van der Waals surface area contributed by atoms with Gasteiger partial charge in [-0.2, -0.15) is 0 Å². The van der Waals surface area contributed by atoms with E-state index in [1.54, 1.807) is 17.0 Å². The Balaban J connectivity index is 3.17. The number of aliphatic carboxylic acids is 1. The van der Waals surface area contributed by atoms with Crippen molar-refractivity contribution in [2.24, 2.45) is 0 Å². The number of benzene rings is 1. The van der Waals surface area contributed by atoms with Gasteiger partial charge in [0.1, 0.15) is 6.54 Å². The van der Waals surface area contributed by atoms with Crippen LogP contribution in [0.25, 0.3) is 0 Å². The lowest BCUT2D eigenvalue weighted by atomic mass is 10.0. The fourth-order valence-corrected chi connectivity index (χ4v) is 1.63. The van der Waals surface area contributed by atoms with Gasteiger partial charge in [0, 0.05) is 23.4 Å². The molecule has 0 fully saturated rings. The molecule has 0 aliphatic carbocycles. The molecule has 0 bridgehead atoms. The van der Waals surface area contributed by atoms with E-state index >= 15 is 0 Å². The molecule has 6 heteroatoms. The molecule has 0 saturated heterocycles. The zero-order valence-corrected chi connectivity index (χ0v) is 10.6. The molecule has 1 aromatic carbocycles. The van der Waals surface area contributed by atoms with Crippen LogP contribution >= 0.6 is 0 Å². The van der Waals surface area contributed by atoms with E-state index in [1.807, 2.05) is 20.8 Å². The molecule has 0 heterocycles. The van der Waals surface area contributed by atoms with Crippen LogP contribution in [0.5, 0.6) is 0 Å². The lowest BCUT2D eigenvalue weighted by Gasteiger charge is -2.36. The lowest BCUT2D eigenvalue weighted by molar-refractivity contribution is -0.384. The van der Waals surface area contributed by atoms with E-state index in [0.717, 1.165) is 0 Å². The summed E-state index contributed by atoms with van der Waals surface area (Å²) in [5.74, 6) is -0.976. The molecular formula is C12H16N2O4. The monoisotopic (exact) mass is 252 g/mol. The first kappa shape index (κ1) is 14.0. The van der Waals surface area contributed by atoms with Gasteiger partial charge in [-0.3, -0.25) is 14.9 Å². The molecule has 1 aromatic rings. The summed E-state index contributed by atoms with van der Waals surface area (Å²) < 4.78 is 0. The highest BCUT2D eigenvalue weighted by Crippen LogP contribution is 2.26. The first-order valence-electron chi connectivity index (χ1n) is 5.45. The summed E-state index contributed by atoms with van der Waals surface area (Å²) in [6.45, 7) is 5.36. The van der Waals surface area contributed by atoms with Crippen LogP contribution in [-0.2, 0) is 4.79 Å². The second-order valence-electron chi connectivity index (χ2n) is 4.93. The van der Waals surface area contributed by atoms with Gasteiger partial charge in [-0.25, -0.2) is 0 Å². The number of carbonyl (C=O) groups is 1. The number of nitro groups is 1. The van der Waals surface area contributed by atoms with Gasteiger partial charge in [0.25, 0.3) is 5.69 Å². The number of nitro benzene ring substituents is 1. The van der Waals surface area contributed by atoms with E-state index in [9.17, 15) is 14.9 Å². The van der Waals surface area contributed by atoms with Crippen LogP contribution in [0.15, 0.2) is 24.3 Å². The number of carboxylic acid groups (broad SMARTS) is 1. The highest BCUT2D eigenvalue weighted by molar-refractivity contribution is 5.74. The molecular weight excluding hydrogens is 236 g/mol. The Bertz CT molecular complexity index is 465. The van der Waals surface area contributed by atoms with Crippen LogP contribution < -0.4 is 4.90 Å². The fourth-order valence-electron chi connectivity index (χ4n) is 1.63. The predicted molar refractivity (Wildman–Crippen MR) is 67.8 cm³/mol. The van der Waals surface area contributed by atoms with Crippen molar-refractivity contribution in [3.8, 4) is 0 Å². The topological polar surface area (TPSA) is 83.7 Å². The molecule has 0 spiro atoms. The van der Waals surface area contributed by atoms with E-state index in [1.165, 1.54) is 12.1 Å². The minimum atomic E-state index is -0.976. The van der Waals surface area contributed by atoms with Crippen LogP contribution in [0.1, 0.15) is 20.8 Å². The summed E-state index contributed by atoms with van der Waals surface area (Å²) in [6, 6.07) is 5.98. The third kappa shape index (κ3) is 3.44. The van der Waals surface area contributed by atoms with E-state index in [0.29, 0.717) is 5.69 Å². The molecule has 0 amide bonds. The maximum Gasteiger partial charge on any atom is 0.323 e. The second kappa shape index (κ2) is 5.03. The fraction of sp³-hybridized carbons (Fsp3) is 0.417. The number of anilines is 1. The SMILES string of the molecule is CC(C)(C)N(CC(=O)O)c1cccc([N+](=O)[O-])c1. The van der Waals surface area contributed by atoms with Crippen LogP contribution in [0.3, 0.4) is 0 Å². The van der Waals surface area contributed by atoms with Crippen LogP contribution in [0.2, 0.25) is 0 Å². The third-order valence-corrected chi connectivity index (χ3v) is 2.46. The Kier molecular flexibility index (Phi) is 3.90. The van der Waals surface area contributed by atoms with Crippen LogP contribution in [-0.4, -0.2) is 28.1 Å². The molecule has 1 rings (SSSR count). The van der Waals surface area contributed by atoms with Gasteiger partial charge in [-0.1, -0.05) is 6.07 Å². The van der Waals surface area contributed by atoms with Gasteiger partial charge >= 0.3 is 5.97 Å². The second-order valence-corrected chi connectivity index (χ2v) is 4.93. The van der Waals surface area contributed by atoms with E-state index in [-0.39, 0.29) is 12.2 Å². The van der Waals surface area contributed by atoms with Crippen molar-refractivity contribution < 1.29 is 14.8 Å². The average molecular weight is 252 g/mol. The number of hydrogen-bond donors (Lipinski definition) is 1. The number of carboxylic acids is 1. The molecule has 18 heavy (non-hydrogen) atoms. The van der Waals surface area contributed by atoms with Crippen molar-refractivity contribution in [1.82, 2.24) is 0 Å². The Hall–Kier alpha value is -2.11. The van der Waals surface area contributed by atoms with Crippen LogP contribution in [0, 0.1) is 10.1 Å². The molecule has 6 nitrogen and oxygen atoms in total. The van der Waals surface area contributed by atoms with Gasteiger partial charge in [0.2, 0.25) is 0 Å². The summed E-state index contributed by atoms with van der Waals surface area (Å²) in [6.07, 6.45) is 0. The Morgan fingerprint density at radius 3 is 2.50 bits per heavy atom. The van der Waals surface area contributed by atoms with Crippen molar-refractivity contribution in [2.45, 2.75) is 26.3 Å². The standard InChI is InChI=1S/C12H16N2O4/c1-12(2,3)13(8-11(15)16)9-5-4-6-10(7-9)14(17)18/h4-7H,8H2,1-3H3,(H,15,16). The van der Waals surface area contributed by atoms with Gasteiger partial charge in [-0.15, -0.1) is 0 Å². The van der Waals surface area contributed by atoms with Crippen molar-refractivity contribution in [1.29, 1.82) is 0 Å². The molecule has 0 radical (unpaired) electrons. The number of nitrogens with zero attached hydrogens (tertiary/aromatic N) is 2. The molecule has 0 atom stereocenters. The highest BCUT2D eigenvalue weighted by Gasteiger charge is 2.25. The largest absolute Gasteiger partial charge is 0.480 e. The normalized spacial score (nSPS) is 11.1. The first-order chi connectivity index (χ1) is 8.21. The summed E-state index contributed by atoms with van der Waals surface area (Å²) in [5.41, 5.74) is 0.0411. The summed E-state index contributed by atoms with van der Waals surface area (Å²) in [5, 5.41) is 19.6. The van der Waals surface area contributed by atoms with Gasteiger partial charge in [-0.05, 0) is 26.8 Å². The van der Waals surface area contributed by atoms with Crippen molar-refractivity contribution in [3.05, 3.63) is 34.4 Å². The van der Waals surface area contributed by atoms with Gasteiger partial charge < -0.3 is 10.0 Å².